The highest BCUT2D eigenvalue weighted by molar-refractivity contribution is 6.00. The lowest BCUT2D eigenvalue weighted by atomic mass is 10.2. The maximum absolute atomic E-state index is 12.3. The number of anilines is 2. The summed E-state index contributed by atoms with van der Waals surface area (Å²) in [6.45, 7) is 0. The number of methoxy groups -OCH3 is 1. The van der Waals surface area contributed by atoms with Gasteiger partial charge in [-0.15, -0.1) is 0 Å². The Morgan fingerprint density at radius 2 is 1.62 bits per heavy atom. The second-order valence-electron chi connectivity index (χ2n) is 6.12. The van der Waals surface area contributed by atoms with Crippen molar-refractivity contribution in [1.29, 1.82) is 0 Å². The molecule has 1 heterocycles. The van der Waals surface area contributed by atoms with Crippen molar-refractivity contribution in [2.45, 2.75) is 0 Å². The number of amides is 2. The molecule has 0 aliphatic rings. The van der Waals surface area contributed by atoms with Gasteiger partial charge in [-0.3, -0.25) is 9.97 Å². The van der Waals surface area contributed by atoms with Gasteiger partial charge >= 0.3 is 6.03 Å². The molecule has 1 aromatic heterocycles. The smallest absolute Gasteiger partial charge is 0.323 e. The third-order valence-electron chi connectivity index (χ3n) is 4.12. The summed E-state index contributed by atoms with van der Waals surface area (Å²) in [5.74, 6) is 1.80. The molecule has 0 saturated heterocycles. The number of nitrogens with one attached hydrogen (secondary N) is 2. The largest absolute Gasteiger partial charge is 0.495 e. The number of fused-ring (bicyclic) bond motifs is 1. The summed E-state index contributed by atoms with van der Waals surface area (Å²) in [4.78, 5) is 20.9. The van der Waals surface area contributed by atoms with Crippen LogP contribution in [0.4, 0.5) is 16.2 Å². The zero-order chi connectivity index (χ0) is 20.1. The molecule has 0 aliphatic carbocycles. The van der Waals surface area contributed by atoms with E-state index in [1.807, 2.05) is 36.4 Å². The Bertz CT molecular complexity index is 1160. The Balaban J connectivity index is 1.46. The molecule has 4 aromatic rings. The molecule has 2 amide bonds. The van der Waals surface area contributed by atoms with Crippen LogP contribution < -0.4 is 20.1 Å². The van der Waals surface area contributed by atoms with Crippen molar-refractivity contribution in [3.63, 3.8) is 0 Å². The summed E-state index contributed by atoms with van der Waals surface area (Å²) < 4.78 is 11.1. The molecule has 0 atom stereocenters. The maximum atomic E-state index is 12.3. The Labute approximate surface area is 167 Å². The number of aromatic nitrogens is 2. The molecule has 7 nitrogen and oxygen atoms in total. The van der Waals surface area contributed by atoms with E-state index in [0.717, 1.165) is 11.0 Å². The van der Waals surface area contributed by atoms with Crippen LogP contribution in [-0.4, -0.2) is 23.1 Å². The molecular formula is C22H18N4O3. The number of hydrogen-bond donors (Lipinski definition) is 2. The number of ether oxygens (including phenoxy) is 2. The van der Waals surface area contributed by atoms with Crippen molar-refractivity contribution in [3.8, 4) is 17.2 Å². The minimum atomic E-state index is -0.382. The molecule has 29 heavy (non-hydrogen) atoms. The number of urea groups is 1. The minimum absolute atomic E-state index is 0.382. The first-order valence-corrected chi connectivity index (χ1v) is 8.91. The Morgan fingerprint density at radius 1 is 0.828 bits per heavy atom. The molecule has 0 bridgehead atoms. The lowest BCUT2D eigenvalue weighted by Crippen LogP contribution is -2.19. The van der Waals surface area contributed by atoms with E-state index in [9.17, 15) is 4.79 Å². The van der Waals surface area contributed by atoms with Gasteiger partial charge in [-0.2, -0.15) is 0 Å². The number of para-hydroxylation sites is 2. The number of benzene rings is 3. The molecule has 3 aromatic carbocycles. The Morgan fingerprint density at radius 3 is 2.48 bits per heavy atom. The fourth-order valence-corrected chi connectivity index (χ4v) is 2.81. The van der Waals surface area contributed by atoms with Gasteiger partial charge in [0.05, 0.1) is 23.8 Å². The summed E-state index contributed by atoms with van der Waals surface area (Å²) in [5, 5.41) is 5.56. The predicted octanol–water partition coefficient (Wildman–Crippen LogP) is 5.07. The lowest BCUT2D eigenvalue weighted by molar-refractivity contribution is 0.262. The van der Waals surface area contributed by atoms with Gasteiger partial charge in [0.15, 0.2) is 0 Å². The molecule has 2 N–H and O–H groups in total. The van der Waals surface area contributed by atoms with Gasteiger partial charge in [0.2, 0.25) is 0 Å². The van der Waals surface area contributed by atoms with Crippen LogP contribution in [0.1, 0.15) is 0 Å². The summed E-state index contributed by atoms with van der Waals surface area (Å²) >= 11 is 0. The monoisotopic (exact) mass is 386 g/mol. The number of carbonyl (C=O) groups excluding carboxylic acids is 1. The highest BCUT2D eigenvalue weighted by atomic mass is 16.5. The van der Waals surface area contributed by atoms with Gasteiger partial charge in [0, 0.05) is 30.2 Å². The fourth-order valence-electron chi connectivity index (χ4n) is 2.81. The molecule has 0 fully saturated rings. The van der Waals surface area contributed by atoms with Gasteiger partial charge in [0.25, 0.3) is 0 Å². The second-order valence-corrected chi connectivity index (χ2v) is 6.12. The normalized spacial score (nSPS) is 10.4. The SMILES string of the molecule is COc1ccccc1NC(=O)Nc1cccc(Oc2ccc3nccnc3c2)c1. The molecule has 0 radical (unpaired) electrons. The summed E-state index contributed by atoms with van der Waals surface area (Å²) in [5.41, 5.74) is 2.71. The van der Waals surface area contributed by atoms with Crippen LogP contribution in [-0.2, 0) is 0 Å². The average molecular weight is 386 g/mol. The van der Waals surface area contributed by atoms with Gasteiger partial charge in [-0.1, -0.05) is 18.2 Å². The summed E-state index contributed by atoms with van der Waals surface area (Å²) in [6, 6.07) is 19.4. The van der Waals surface area contributed by atoms with E-state index in [1.54, 1.807) is 49.8 Å². The van der Waals surface area contributed by atoms with Crippen LogP contribution in [0.5, 0.6) is 17.2 Å². The third kappa shape index (κ3) is 4.41. The maximum Gasteiger partial charge on any atom is 0.323 e. The molecule has 0 spiro atoms. The van der Waals surface area contributed by atoms with Crippen LogP contribution in [0.3, 0.4) is 0 Å². The first kappa shape index (κ1) is 18.2. The number of rotatable bonds is 5. The van der Waals surface area contributed by atoms with E-state index in [-0.39, 0.29) is 6.03 Å². The highest BCUT2D eigenvalue weighted by Crippen LogP contribution is 2.27. The Kier molecular flexibility index (Phi) is 5.20. The van der Waals surface area contributed by atoms with E-state index >= 15 is 0 Å². The standard InChI is InChI=1S/C22H18N4O3/c1-28-21-8-3-2-7-19(21)26-22(27)25-15-5-4-6-16(13-15)29-17-9-10-18-20(14-17)24-12-11-23-18/h2-14H,1H3,(H2,25,26,27). The van der Waals surface area contributed by atoms with Crippen molar-refractivity contribution >= 4 is 28.4 Å². The van der Waals surface area contributed by atoms with Gasteiger partial charge < -0.3 is 20.1 Å². The quantitative estimate of drug-likeness (QED) is 0.500. The van der Waals surface area contributed by atoms with Crippen molar-refractivity contribution in [3.05, 3.63) is 79.1 Å². The van der Waals surface area contributed by atoms with E-state index in [4.69, 9.17) is 9.47 Å². The van der Waals surface area contributed by atoms with Gasteiger partial charge in [0.1, 0.15) is 17.2 Å². The summed E-state index contributed by atoms with van der Waals surface area (Å²) in [7, 11) is 1.55. The minimum Gasteiger partial charge on any atom is -0.495 e. The molecule has 0 saturated carbocycles. The molecule has 4 rings (SSSR count). The van der Waals surface area contributed by atoms with Gasteiger partial charge in [-0.05, 0) is 36.4 Å². The molecular weight excluding hydrogens is 368 g/mol. The fraction of sp³-hybridized carbons (Fsp3) is 0.0455. The molecule has 0 aliphatic heterocycles. The first-order chi connectivity index (χ1) is 14.2. The van der Waals surface area contributed by atoms with Crippen molar-refractivity contribution in [2.75, 3.05) is 17.7 Å². The highest BCUT2D eigenvalue weighted by Gasteiger charge is 2.08. The van der Waals surface area contributed by atoms with Gasteiger partial charge in [-0.25, -0.2) is 4.79 Å². The second kappa shape index (κ2) is 8.26. The first-order valence-electron chi connectivity index (χ1n) is 8.91. The van der Waals surface area contributed by atoms with E-state index < -0.39 is 0 Å². The average Bonchev–Trinajstić information content (AvgIpc) is 2.74. The van der Waals surface area contributed by atoms with Crippen molar-refractivity contribution in [2.24, 2.45) is 0 Å². The van der Waals surface area contributed by atoms with Crippen LogP contribution in [0.2, 0.25) is 0 Å². The molecule has 144 valence electrons. The number of hydrogen-bond acceptors (Lipinski definition) is 5. The van der Waals surface area contributed by atoms with Crippen LogP contribution in [0.25, 0.3) is 11.0 Å². The van der Waals surface area contributed by atoms with Crippen LogP contribution in [0.15, 0.2) is 79.1 Å². The lowest BCUT2D eigenvalue weighted by Gasteiger charge is -2.12. The molecule has 0 unspecified atom stereocenters. The zero-order valence-corrected chi connectivity index (χ0v) is 15.6. The molecule has 7 heteroatoms. The topological polar surface area (TPSA) is 85.4 Å². The van der Waals surface area contributed by atoms with Crippen molar-refractivity contribution in [1.82, 2.24) is 9.97 Å². The van der Waals surface area contributed by atoms with Crippen LogP contribution in [0, 0.1) is 0 Å². The Hall–Kier alpha value is -4.13. The van der Waals surface area contributed by atoms with Crippen LogP contribution >= 0.6 is 0 Å². The number of carbonyl (C=O) groups is 1. The summed E-state index contributed by atoms with van der Waals surface area (Å²) in [6.07, 6.45) is 3.28. The zero-order valence-electron chi connectivity index (χ0n) is 15.6. The third-order valence-corrected chi connectivity index (χ3v) is 4.12. The predicted molar refractivity (Wildman–Crippen MR) is 112 cm³/mol. The van der Waals surface area contributed by atoms with E-state index in [2.05, 4.69) is 20.6 Å². The van der Waals surface area contributed by atoms with Crippen molar-refractivity contribution < 1.29 is 14.3 Å². The van der Waals surface area contributed by atoms with E-state index in [0.29, 0.717) is 28.6 Å². The number of nitrogens with zero attached hydrogens (tertiary/aromatic N) is 2. The van der Waals surface area contributed by atoms with E-state index in [1.165, 1.54) is 0 Å².